The zero-order chi connectivity index (χ0) is 25.1. The maximum atomic E-state index is 14.3. The van der Waals surface area contributed by atoms with Gasteiger partial charge in [-0.25, -0.2) is 14.4 Å². The van der Waals surface area contributed by atoms with Crippen LogP contribution < -0.4 is 9.47 Å². The number of likely N-dealkylation sites (tertiary alicyclic amines) is 1. The van der Waals surface area contributed by atoms with E-state index in [1.165, 1.54) is 13.2 Å². The van der Waals surface area contributed by atoms with E-state index in [-0.39, 0.29) is 18.4 Å². The molecule has 0 saturated carbocycles. The molecule has 1 fully saturated rings. The maximum Gasteiger partial charge on any atom is 0.260 e. The van der Waals surface area contributed by atoms with E-state index in [2.05, 4.69) is 10.1 Å². The van der Waals surface area contributed by atoms with Crippen LogP contribution in [0.25, 0.3) is 0 Å². The molecule has 0 N–H and O–H groups in total. The zero-order valence-electron chi connectivity index (χ0n) is 19.5. The third-order valence-electron chi connectivity index (χ3n) is 6.29. The number of thiazole rings is 1. The zero-order valence-corrected chi connectivity index (χ0v) is 21.1. The number of hydrogen-bond acceptors (Lipinski definition) is 8. The van der Waals surface area contributed by atoms with Crippen molar-refractivity contribution in [2.24, 2.45) is 5.16 Å². The lowest BCUT2D eigenvalue weighted by atomic mass is 9.97. The van der Waals surface area contributed by atoms with Crippen molar-refractivity contribution in [1.29, 1.82) is 0 Å². The van der Waals surface area contributed by atoms with E-state index in [0.29, 0.717) is 47.4 Å². The van der Waals surface area contributed by atoms with Crippen molar-refractivity contribution in [2.75, 3.05) is 26.8 Å². The van der Waals surface area contributed by atoms with Crippen LogP contribution in [0.2, 0.25) is 5.02 Å². The number of amides is 1. The first-order chi connectivity index (χ1) is 17.5. The van der Waals surface area contributed by atoms with Crippen molar-refractivity contribution in [3.05, 3.63) is 69.0 Å². The van der Waals surface area contributed by atoms with Gasteiger partial charge in [-0.2, -0.15) is 0 Å². The number of hydrogen-bond donors (Lipinski definition) is 0. The van der Waals surface area contributed by atoms with Crippen LogP contribution in [0.3, 0.4) is 0 Å². The summed E-state index contributed by atoms with van der Waals surface area (Å²) in [5.74, 6) is 0.566. The minimum Gasteiger partial charge on any atom is -0.478 e. The number of nitrogens with zero attached hydrogens (tertiary/aromatic N) is 4. The average Bonchev–Trinajstić information content (AvgIpc) is 3.58. The number of aromatic nitrogens is 2. The second kappa shape index (κ2) is 10.8. The summed E-state index contributed by atoms with van der Waals surface area (Å²) in [6, 6.07) is 8.02. The Labute approximate surface area is 216 Å². The molecule has 2 aromatic heterocycles. The van der Waals surface area contributed by atoms with E-state index >= 15 is 0 Å². The molecule has 2 aliphatic rings. The van der Waals surface area contributed by atoms with Gasteiger partial charge in [-0.3, -0.25) is 4.79 Å². The summed E-state index contributed by atoms with van der Waals surface area (Å²) in [4.78, 5) is 28.8. The van der Waals surface area contributed by atoms with Gasteiger partial charge in [0.05, 0.1) is 22.8 Å². The number of ether oxygens (including phenoxy) is 2. The van der Waals surface area contributed by atoms with Crippen molar-refractivity contribution in [3.63, 3.8) is 0 Å². The summed E-state index contributed by atoms with van der Waals surface area (Å²) in [5.41, 5.74) is 1.73. The fourth-order valence-corrected chi connectivity index (χ4v) is 5.64. The second-order valence-electron chi connectivity index (χ2n) is 8.50. The Bertz CT molecular complexity index is 1260. The van der Waals surface area contributed by atoms with Crippen LogP contribution in [0, 0.1) is 5.82 Å². The van der Waals surface area contributed by atoms with E-state index in [0.717, 1.165) is 23.5 Å². The average molecular weight is 531 g/mol. The van der Waals surface area contributed by atoms with Crippen LogP contribution >= 0.6 is 22.9 Å². The molecular weight excluding hydrogens is 507 g/mol. The number of piperidine rings is 1. The lowest BCUT2D eigenvalue weighted by Crippen LogP contribution is -2.40. The highest BCUT2D eigenvalue weighted by atomic mass is 35.5. The maximum absolute atomic E-state index is 14.3. The van der Waals surface area contributed by atoms with Gasteiger partial charge in [-0.15, -0.1) is 11.3 Å². The summed E-state index contributed by atoms with van der Waals surface area (Å²) in [6.45, 7) is 1.19. The molecule has 4 heterocycles. The molecular formula is C25H24ClFN4O4S. The molecule has 11 heteroatoms. The van der Waals surface area contributed by atoms with Gasteiger partial charge in [0.2, 0.25) is 0 Å². The summed E-state index contributed by atoms with van der Waals surface area (Å²) in [7, 11) is 1.51. The largest absolute Gasteiger partial charge is 0.478 e. The van der Waals surface area contributed by atoms with Gasteiger partial charge in [0, 0.05) is 42.6 Å². The quantitative estimate of drug-likeness (QED) is 0.428. The molecule has 0 aliphatic carbocycles. The highest BCUT2D eigenvalue weighted by Crippen LogP contribution is 2.37. The topological polar surface area (TPSA) is 86.1 Å². The summed E-state index contributed by atoms with van der Waals surface area (Å²) in [6.07, 6.45) is 3.06. The number of pyridine rings is 1. The van der Waals surface area contributed by atoms with Gasteiger partial charge < -0.3 is 19.2 Å². The van der Waals surface area contributed by atoms with Crippen LogP contribution in [0.1, 0.15) is 47.5 Å². The molecule has 1 aromatic carbocycles. The Balaban J connectivity index is 1.14. The van der Waals surface area contributed by atoms with Crippen LogP contribution in [0.15, 0.2) is 47.1 Å². The van der Waals surface area contributed by atoms with Crippen molar-refractivity contribution < 1.29 is 23.5 Å². The Morgan fingerprint density at radius 3 is 2.89 bits per heavy atom. The predicted molar refractivity (Wildman–Crippen MR) is 133 cm³/mol. The molecule has 0 radical (unpaired) electrons. The molecule has 1 atom stereocenters. The first kappa shape index (κ1) is 24.5. The van der Waals surface area contributed by atoms with Gasteiger partial charge in [-0.05, 0) is 37.1 Å². The third-order valence-corrected chi connectivity index (χ3v) is 7.62. The molecule has 0 bridgehead atoms. The van der Waals surface area contributed by atoms with Gasteiger partial charge in [0.25, 0.3) is 11.8 Å². The van der Waals surface area contributed by atoms with Crippen LogP contribution in [0.4, 0.5) is 4.39 Å². The number of benzene rings is 1. The van der Waals surface area contributed by atoms with Gasteiger partial charge >= 0.3 is 0 Å². The second-order valence-corrected chi connectivity index (χ2v) is 9.79. The molecule has 8 nitrogen and oxygen atoms in total. The SMILES string of the molecule is COc1ncccc1OCC(=O)N1CCC(c2nc(C3=NOC(c4c(F)cccc4Cl)C3)cs2)CC1. The molecule has 3 aromatic rings. The van der Waals surface area contributed by atoms with Crippen LogP contribution in [-0.2, 0) is 9.63 Å². The number of halogens is 2. The Kier molecular flexibility index (Phi) is 7.33. The van der Waals surface area contributed by atoms with E-state index in [4.69, 9.17) is 30.9 Å². The Morgan fingerprint density at radius 2 is 2.11 bits per heavy atom. The number of methoxy groups -OCH3 is 1. The first-order valence-corrected chi connectivity index (χ1v) is 12.8. The molecule has 1 amide bonds. The molecule has 188 valence electrons. The van der Waals surface area contributed by atoms with E-state index in [1.54, 1.807) is 41.8 Å². The van der Waals surface area contributed by atoms with Crippen molar-refractivity contribution >= 4 is 34.6 Å². The summed E-state index contributed by atoms with van der Waals surface area (Å²) >= 11 is 7.75. The smallest absolute Gasteiger partial charge is 0.260 e. The van der Waals surface area contributed by atoms with Crippen molar-refractivity contribution in [1.82, 2.24) is 14.9 Å². The van der Waals surface area contributed by atoms with Crippen molar-refractivity contribution in [2.45, 2.75) is 31.3 Å². The van der Waals surface area contributed by atoms with E-state index in [9.17, 15) is 9.18 Å². The number of carbonyl (C=O) groups is 1. The van der Waals surface area contributed by atoms with Crippen LogP contribution in [-0.4, -0.2) is 53.3 Å². The van der Waals surface area contributed by atoms with Crippen LogP contribution in [0.5, 0.6) is 11.6 Å². The minimum atomic E-state index is -0.568. The summed E-state index contributed by atoms with van der Waals surface area (Å²) in [5, 5.41) is 7.43. The molecule has 0 spiro atoms. The highest BCUT2D eigenvalue weighted by molar-refractivity contribution is 7.10. The molecule has 1 saturated heterocycles. The number of rotatable bonds is 7. The standard InChI is InChI=1S/C25H24ClFN4O4S/c1-33-24-20(6-3-9-28-24)34-13-22(32)31-10-7-15(8-11-31)25-29-19(14-36-25)18-12-21(35-30-18)23-16(26)4-2-5-17(23)27/h2-6,9,14-15,21H,7-8,10-13H2,1H3. The van der Waals surface area contributed by atoms with Gasteiger partial charge in [0.15, 0.2) is 18.5 Å². The molecule has 2 aliphatic heterocycles. The lowest BCUT2D eigenvalue weighted by Gasteiger charge is -2.31. The lowest BCUT2D eigenvalue weighted by molar-refractivity contribution is -0.134. The van der Waals surface area contributed by atoms with Gasteiger partial charge in [-0.1, -0.05) is 22.8 Å². The predicted octanol–water partition coefficient (Wildman–Crippen LogP) is 4.99. The normalized spacial score (nSPS) is 18.0. The summed E-state index contributed by atoms with van der Waals surface area (Å²) < 4.78 is 25.0. The monoisotopic (exact) mass is 530 g/mol. The molecule has 5 rings (SSSR count). The molecule has 36 heavy (non-hydrogen) atoms. The first-order valence-electron chi connectivity index (χ1n) is 11.6. The fourth-order valence-electron chi connectivity index (χ4n) is 4.36. The Hall–Kier alpha value is -3.24. The third kappa shape index (κ3) is 5.15. The Morgan fingerprint density at radius 1 is 1.28 bits per heavy atom. The van der Waals surface area contributed by atoms with E-state index < -0.39 is 11.9 Å². The number of oxime groups is 1. The van der Waals surface area contributed by atoms with E-state index in [1.807, 2.05) is 10.3 Å². The van der Waals surface area contributed by atoms with Gasteiger partial charge in [0.1, 0.15) is 11.5 Å². The number of carbonyl (C=O) groups excluding carboxylic acids is 1. The fraction of sp³-hybridized carbons (Fsp3) is 0.360. The van der Waals surface area contributed by atoms with Crippen molar-refractivity contribution in [3.8, 4) is 11.6 Å². The minimum absolute atomic E-state index is 0.0683. The highest BCUT2D eigenvalue weighted by Gasteiger charge is 2.31. The molecule has 1 unspecified atom stereocenters.